The Labute approximate surface area is 81.8 Å². The fourth-order valence-electron chi connectivity index (χ4n) is 1.34. The number of rotatable bonds is 2. The Morgan fingerprint density at radius 2 is 2.43 bits per heavy atom. The summed E-state index contributed by atoms with van der Waals surface area (Å²) in [4.78, 5) is 7.29. The van der Waals surface area contributed by atoms with E-state index in [1.165, 1.54) is 0 Å². The molecule has 2 aromatic heterocycles. The molecule has 0 saturated heterocycles. The van der Waals surface area contributed by atoms with Crippen molar-refractivity contribution in [1.29, 1.82) is 0 Å². The summed E-state index contributed by atoms with van der Waals surface area (Å²) in [6, 6.07) is 3.81. The van der Waals surface area contributed by atoms with Crippen molar-refractivity contribution in [3.05, 3.63) is 30.1 Å². The summed E-state index contributed by atoms with van der Waals surface area (Å²) in [6.07, 6.45) is 3.53. The zero-order chi connectivity index (χ0) is 10.2. The number of hydrogen-bond donors (Lipinski definition) is 3. The smallest absolute Gasteiger partial charge is 0.0878 e. The third-order valence-electron chi connectivity index (χ3n) is 2.39. The molecule has 0 saturated carbocycles. The van der Waals surface area contributed by atoms with E-state index in [1.54, 1.807) is 13.1 Å². The summed E-state index contributed by atoms with van der Waals surface area (Å²) in [6.45, 7) is 1.68. The second kappa shape index (κ2) is 3.08. The molecule has 2 aromatic rings. The average molecular weight is 191 g/mol. The van der Waals surface area contributed by atoms with Crippen molar-refractivity contribution in [2.75, 3.05) is 6.61 Å². The molecule has 1 atom stereocenters. The second-order valence-corrected chi connectivity index (χ2v) is 3.71. The monoisotopic (exact) mass is 191 g/mol. The molecule has 74 valence electrons. The highest BCUT2D eigenvalue weighted by molar-refractivity contribution is 5.75. The molecule has 0 aliphatic carbocycles. The number of hydrogen-bond acceptors (Lipinski definition) is 3. The van der Waals surface area contributed by atoms with Crippen LogP contribution in [0.15, 0.2) is 24.5 Å². The molecule has 0 radical (unpaired) electrons. The first-order valence-electron chi connectivity index (χ1n) is 4.47. The molecule has 4 N–H and O–H groups in total. The third-order valence-corrected chi connectivity index (χ3v) is 2.39. The van der Waals surface area contributed by atoms with Gasteiger partial charge in [-0.25, -0.2) is 0 Å². The van der Waals surface area contributed by atoms with E-state index in [0.717, 1.165) is 16.6 Å². The first kappa shape index (κ1) is 9.18. The molecule has 0 fully saturated rings. The van der Waals surface area contributed by atoms with Crippen LogP contribution in [0.3, 0.4) is 0 Å². The Balaban J connectivity index is 2.53. The summed E-state index contributed by atoms with van der Waals surface area (Å²) in [5.74, 6) is 0. The van der Waals surface area contributed by atoms with Gasteiger partial charge in [0.05, 0.1) is 23.2 Å². The standard InChI is InChI=1S/C10H13N3O/c1-10(11,6-14)7-4-9-8(13-5-7)2-3-12-9/h2-5,12,14H,6,11H2,1H3/t10-/m0/s1. The predicted octanol–water partition coefficient (Wildman–Crippen LogP) is 0.729. The van der Waals surface area contributed by atoms with Crippen molar-refractivity contribution in [2.24, 2.45) is 5.73 Å². The number of nitrogens with zero attached hydrogens (tertiary/aromatic N) is 1. The highest BCUT2D eigenvalue weighted by Gasteiger charge is 2.20. The maximum atomic E-state index is 9.11. The predicted molar refractivity (Wildman–Crippen MR) is 54.7 cm³/mol. The maximum Gasteiger partial charge on any atom is 0.0878 e. The van der Waals surface area contributed by atoms with Crippen LogP contribution < -0.4 is 5.73 Å². The lowest BCUT2D eigenvalue weighted by atomic mass is 9.96. The van der Waals surface area contributed by atoms with E-state index in [2.05, 4.69) is 9.97 Å². The first-order valence-corrected chi connectivity index (χ1v) is 4.47. The van der Waals surface area contributed by atoms with E-state index in [4.69, 9.17) is 10.8 Å². The molecule has 0 aliphatic rings. The largest absolute Gasteiger partial charge is 0.394 e. The van der Waals surface area contributed by atoms with Crippen LogP contribution in [0.25, 0.3) is 11.0 Å². The molecule has 4 heteroatoms. The molecule has 2 heterocycles. The minimum Gasteiger partial charge on any atom is -0.394 e. The Hall–Kier alpha value is -1.39. The minimum atomic E-state index is -0.730. The van der Waals surface area contributed by atoms with Gasteiger partial charge in [0.15, 0.2) is 0 Å². The van der Waals surface area contributed by atoms with Gasteiger partial charge < -0.3 is 15.8 Å². The van der Waals surface area contributed by atoms with Crippen molar-refractivity contribution in [3.63, 3.8) is 0 Å². The second-order valence-electron chi connectivity index (χ2n) is 3.71. The molecule has 0 spiro atoms. The van der Waals surface area contributed by atoms with Crippen LogP contribution in [0.5, 0.6) is 0 Å². The van der Waals surface area contributed by atoms with Crippen LogP contribution in [-0.2, 0) is 5.54 Å². The summed E-state index contributed by atoms with van der Waals surface area (Å²) in [5, 5.41) is 9.11. The zero-order valence-electron chi connectivity index (χ0n) is 7.99. The number of pyridine rings is 1. The quantitative estimate of drug-likeness (QED) is 0.655. The van der Waals surface area contributed by atoms with Crippen LogP contribution in [0.4, 0.5) is 0 Å². The van der Waals surface area contributed by atoms with Crippen molar-refractivity contribution >= 4 is 11.0 Å². The van der Waals surface area contributed by atoms with Crippen molar-refractivity contribution in [2.45, 2.75) is 12.5 Å². The number of aliphatic hydroxyl groups excluding tert-OH is 1. The minimum absolute atomic E-state index is 0.0963. The number of fused-ring (bicyclic) bond motifs is 1. The highest BCUT2D eigenvalue weighted by Crippen LogP contribution is 2.19. The average Bonchev–Trinajstić information content (AvgIpc) is 2.64. The maximum absolute atomic E-state index is 9.11. The molecule has 0 bridgehead atoms. The third kappa shape index (κ3) is 1.38. The molecule has 4 nitrogen and oxygen atoms in total. The molecule has 14 heavy (non-hydrogen) atoms. The van der Waals surface area contributed by atoms with Gasteiger partial charge in [0.25, 0.3) is 0 Å². The summed E-state index contributed by atoms with van der Waals surface area (Å²) < 4.78 is 0. The van der Waals surface area contributed by atoms with Crippen molar-refractivity contribution in [3.8, 4) is 0 Å². The molecule has 2 rings (SSSR count). The molecule has 0 aliphatic heterocycles. The fraction of sp³-hybridized carbons (Fsp3) is 0.300. The van der Waals surface area contributed by atoms with Gasteiger partial charge in [-0.1, -0.05) is 0 Å². The van der Waals surface area contributed by atoms with E-state index >= 15 is 0 Å². The Bertz CT molecular complexity index is 447. The van der Waals surface area contributed by atoms with Crippen LogP contribution >= 0.6 is 0 Å². The van der Waals surface area contributed by atoms with E-state index in [9.17, 15) is 0 Å². The normalized spacial score (nSPS) is 15.6. The zero-order valence-corrected chi connectivity index (χ0v) is 7.99. The van der Waals surface area contributed by atoms with Gasteiger partial charge in [0.1, 0.15) is 0 Å². The van der Waals surface area contributed by atoms with E-state index in [0.29, 0.717) is 0 Å². The Morgan fingerprint density at radius 1 is 1.64 bits per heavy atom. The number of aliphatic hydroxyl groups is 1. The first-order chi connectivity index (χ1) is 6.63. The lowest BCUT2D eigenvalue weighted by Crippen LogP contribution is -2.37. The van der Waals surface area contributed by atoms with Crippen LogP contribution in [0, 0.1) is 0 Å². The Kier molecular flexibility index (Phi) is 2.02. The topological polar surface area (TPSA) is 74.9 Å². The molecule has 0 aromatic carbocycles. The summed E-state index contributed by atoms with van der Waals surface area (Å²) in [7, 11) is 0. The summed E-state index contributed by atoms with van der Waals surface area (Å²) in [5.41, 5.74) is 7.83. The lowest BCUT2D eigenvalue weighted by molar-refractivity contribution is 0.210. The lowest BCUT2D eigenvalue weighted by Gasteiger charge is -2.21. The number of nitrogens with two attached hydrogens (primary N) is 1. The SMILES string of the molecule is C[C@](N)(CO)c1cnc2cc[nH]c2c1. The highest BCUT2D eigenvalue weighted by atomic mass is 16.3. The van der Waals surface area contributed by atoms with Gasteiger partial charge in [-0.3, -0.25) is 4.98 Å². The van der Waals surface area contributed by atoms with Crippen molar-refractivity contribution < 1.29 is 5.11 Å². The van der Waals surface area contributed by atoms with Crippen LogP contribution in [0.1, 0.15) is 12.5 Å². The van der Waals surface area contributed by atoms with Gasteiger partial charge in [0, 0.05) is 12.4 Å². The fourth-order valence-corrected chi connectivity index (χ4v) is 1.34. The molecule has 0 amide bonds. The molecule has 0 unspecified atom stereocenters. The number of nitrogens with one attached hydrogen (secondary N) is 1. The number of aromatic amines is 1. The van der Waals surface area contributed by atoms with Gasteiger partial charge in [-0.05, 0) is 24.6 Å². The number of H-pyrrole nitrogens is 1. The van der Waals surface area contributed by atoms with E-state index in [-0.39, 0.29) is 6.61 Å². The van der Waals surface area contributed by atoms with Gasteiger partial charge >= 0.3 is 0 Å². The van der Waals surface area contributed by atoms with Crippen LogP contribution in [0.2, 0.25) is 0 Å². The van der Waals surface area contributed by atoms with Crippen molar-refractivity contribution in [1.82, 2.24) is 9.97 Å². The van der Waals surface area contributed by atoms with Gasteiger partial charge in [-0.2, -0.15) is 0 Å². The molecular weight excluding hydrogens is 178 g/mol. The van der Waals surface area contributed by atoms with E-state index < -0.39 is 5.54 Å². The van der Waals surface area contributed by atoms with Gasteiger partial charge in [-0.15, -0.1) is 0 Å². The number of aromatic nitrogens is 2. The summed E-state index contributed by atoms with van der Waals surface area (Å²) >= 11 is 0. The Morgan fingerprint density at radius 3 is 3.14 bits per heavy atom. The van der Waals surface area contributed by atoms with Gasteiger partial charge in [0.2, 0.25) is 0 Å². The van der Waals surface area contributed by atoms with E-state index in [1.807, 2.05) is 18.3 Å². The van der Waals surface area contributed by atoms with Crippen LogP contribution in [-0.4, -0.2) is 21.7 Å². The molecular formula is C10H13N3O.